The van der Waals surface area contributed by atoms with Crippen molar-refractivity contribution in [2.75, 3.05) is 6.61 Å². The Bertz CT molecular complexity index is 724. The highest BCUT2D eigenvalue weighted by Gasteiger charge is 2.69. The Morgan fingerprint density at radius 1 is 0.933 bits per heavy atom. The number of Topliss-reactive ketones (excluding diaryl/α,β-unsaturated/α-hetero) is 1. The number of hydrogen-bond donors (Lipinski definition) is 0. The van der Waals surface area contributed by atoms with Crippen LogP contribution in [-0.2, 0) is 14.3 Å². The van der Waals surface area contributed by atoms with Crippen LogP contribution in [0.2, 0.25) is 0 Å². The maximum Gasteiger partial charge on any atom is 0.171 e. The molecule has 2 saturated heterocycles. The van der Waals surface area contributed by atoms with Gasteiger partial charge in [0.1, 0.15) is 5.78 Å². The number of carbonyl (C=O) groups excluding carboxylic acids is 1. The Morgan fingerprint density at radius 3 is 2.53 bits per heavy atom. The Hall–Kier alpha value is -0.410. The van der Waals surface area contributed by atoms with Crippen LogP contribution in [0.4, 0.5) is 0 Å². The summed E-state index contributed by atoms with van der Waals surface area (Å²) in [4.78, 5) is 12.2. The molecule has 0 aromatic heterocycles. The normalized spacial score (nSPS) is 60.1. The molecule has 2 heterocycles. The number of hydrogen-bond acceptors (Lipinski definition) is 3. The van der Waals surface area contributed by atoms with E-state index < -0.39 is 0 Å². The lowest BCUT2D eigenvalue weighted by Crippen LogP contribution is -2.54. The molecular formula is C27H42O3. The minimum absolute atomic E-state index is 0.292. The fourth-order valence-corrected chi connectivity index (χ4v) is 10.1. The molecule has 6 rings (SSSR count). The lowest BCUT2D eigenvalue weighted by molar-refractivity contribution is -0.273. The summed E-state index contributed by atoms with van der Waals surface area (Å²) >= 11 is 0. The first-order valence-corrected chi connectivity index (χ1v) is 13.1. The van der Waals surface area contributed by atoms with E-state index in [0.29, 0.717) is 46.4 Å². The zero-order valence-corrected chi connectivity index (χ0v) is 19.6. The predicted octanol–water partition coefficient (Wildman–Crippen LogP) is 6.00. The molecule has 0 aromatic carbocycles. The summed E-state index contributed by atoms with van der Waals surface area (Å²) in [7, 11) is 0. The van der Waals surface area contributed by atoms with Crippen molar-refractivity contribution in [1.29, 1.82) is 0 Å². The van der Waals surface area contributed by atoms with Gasteiger partial charge in [0.2, 0.25) is 0 Å². The minimum Gasteiger partial charge on any atom is -0.349 e. The van der Waals surface area contributed by atoms with Gasteiger partial charge in [-0.05, 0) is 91.3 Å². The lowest BCUT2D eigenvalue weighted by Gasteiger charge is -2.60. The summed E-state index contributed by atoms with van der Waals surface area (Å²) in [6.07, 6.45) is 12.2. The van der Waals surface area contributed by atoms with Gasteiger partial charge in [0.15, 0.2) is 5.79 Å². The number of ether oxygens (including phenoxy) is 2. The molecule has 1 spiro atoms. The fourth-order valence-electron chi connectivity index (χ4n) is 10.1. The van der Waals surface area contributed by atoms with E-state index in [2.05, 4.69) is 27.7 Å². The molecule has 4 aliphatic carbocycles. The molecule has 0 N–H and O–H groups in total. The van der Waals surface area contributed by atoms with E-state index in [1.807, 2.05) is 0 Å². The number of fused-ring (bicyclic) bond motifs is 7. The van der Waals surface area contributed by atoms with Crippen LogP contribution in [0.1, 0.15) is 91.9 Å². The van der Waals surface area contributed by atoms with Crippen LogP contribution >= 0.6 is 0 Å². The van der Waals surface area contributed by atoms with Crippen LogP contribution in [0.25, 0.3) is 0 Å². The van der Waals surface area contributed by atoms with Crippen LogP contribution in [0, 0.1) is 52.3 Å². The first-order valence-electron chi connectivity index (χ1n) is 13.1. The standard InChI is InChI=1S/C27H42O3/c1-16-7-12-27(29-15-16)17(2)24-23(30-27)14-22-20-6-5-18-13-19(28)8-10-25(18,3)21(20)9-11-26(22,24)4/h16-18,20-24H,5-15H2,1-4H3/t16-,17+,18-,20+,21-,22-,23-,24-,25-,26-,27-/m0/s1. The van der Waals surface area contributed by atoms with E-state index in [1.165, 1.54) is 38.5 Å². The van der Waals surface area contributed by atoms with Crippen molar-refractivity contribution < 1.29 is 14.3 Å². The molecule has 168 valence electrons. The average molecular weight is 415 g/mol. The first kappa shape index (κ1) is 20.2. The van der Waals surface area contributed by atoms with Crippen molar-refractivity contribution in [3.63, 3.8) is 0 Å². The summed E-state index contributed by atoms with van der Waals surface area (Å²) in [6, 6.07) is 0. The Morgan fingerprint density at radius 2 is 1.77 bits per heavy atom. The Kier molecular flexibility index (Phi) is 4.42. The van der Waals surface area contributed by atoms with Gasteiger partial charge < -0.3 is 9.47 Å². The van der Waals surface area contributed by atoms with Crippen molar-refractivity contribution in [1.82, 2.24) is 0 Å². The first-order chi connectivity index (χ1) is 14.3. The molecule has 6 aliphatic rings. The highest BCUT2D eigenvalue weighted by molar-refractivity contribution is 5.79. The number of ketones is 1. The highest BCUT2D eigenvalue weighted by Crippen LogP contribution is 2.71. The Labute approximate surface area is 183 Å². The second-order valence-electron chi connectivity index (χ2n) is 12.9. The van der Waals surface area contributed by atoms with Gasteiger partial charge >= 0.3 is 0 Å². The van der Waals surface area contributed by atoms with Crippen molar-refractivity contribution in [3.8, 4) is 0 Å². The summed E-state index contributed by atoms with van der Waals surface area (Å²) in [5, 5.41) is 0. The van der Waals surface area contributed by atoms with Crippen LogP contribution in [0.15, 0.2) is 0 Å². The van der Waals surface area contributed by atoms with Crippen LogP contribution in [0.5, 0.6) is 0 Å². The molecule has 0 aromatic rings. The van der Waals surface area contributed by atoms with E-state index in [-0.39, 0.29) is 5.79 Å². The van der Waals surface area contributed by atoms with Crippen LogP contribution in [0.3, 0.4) is 0 Å². The molecule has 0 bridgehead atoms. The maximum atomic E-state index is 12.2. The smallest absolute Gasteiger partial charge is 0.171 e. The molecule has 3 nitrogen and oxygen atoms in total. The van der Waals surface area contributed by atoms with Gasteiger partial charge in [0.25, 0.3) is 0 Å². The van der Waals surface area contributed by atoms with Crippen LogP contribution < -0.4 is 0 Å². The fraction of sp³-hybridized carbons (Fsp3) is 0.963. The monoisotopic (exact) mass is 414 g/mol. The van der Waals surface area contributed by atoms with Gasteiger partial charge in [0.05, 0.1) is 12.7 Å². The molecule has 6 fully saturated rings. The second kappa shape index (κ2) is 6.56. The molecule has 0 unspecified atom stereocenters. The quantitative estimate of drug-likeness (QED) is 0.487. The molecule has 0 radical (unpaired) electrons. The lowest BCUT2D eigenvalue weighted by atomic mass is 9.44. The van der Waals surface area contributed by atoms with Crippen LogP contribution in [-0.4, -0.2) is 24.3 Å². The summed E-state index contributed by atoms with van der Waals surface area (Å²) < 4.78 is 13.4. The molecule has 30 heavy (non-hydrogen) atoms. The SMILES string of the molecule is C[C@H]1CC[C@]2(OC1)O[C@H]1C[C@H]3[C@@H]4CC[C@H]5CC(=O)CC[C@]5(C)[C@H]4CC[C@]3(C)[C@H]1[C@H]2C. The van der Waals surface area contributed by atoms with Crippen molar-refractivity contribution in [2.45, 2.75) is 104 Å². The molecular weight excluding hydrogens is 372 g/mol. The topological polar surface area (TPSA) is 35.5 Å². The largest absolute Gasteiger partial charge is 0.349 e. The number of carbonyl (C=O) groups is 1. The summed E-state index contributed by atoms with van der Waals surface area (Å²) in [5.74, 6) is 5.23. The molecule has 4 saturated carbocycles. The molecule has 0 amide bonds. The predicted molar refractivity (Wildman–Crippen MR) is 117 cm³/mol. The third-order valence-electron chi connectivity index (χ3n) is 11.7. The zero-order chi connectivity index (χ0) is 20.9. The second-order valence-corrected chi connectivity index (χ2v) is 12.9. The average Bonchev–Trinajstić information content (AvgIpc) is 3.16. The molecule has 2 aliphatic heterocycles. The summed E-state index contributed by atoms with van der Waals surface area (Å²) in [6.45, 7) is 10.8. The third-order valence-corrected chi connectivity index (χ3v) is 11.7. The van der Waals surface area contributed by atoms with Gasteiger partial charge in [-0.25, -0.2) is 0 Å². The van der Waals surface area contributed by atoms with Gasteiger partial charge in [-0.2, -0.15) is 0 Å². The highest BCUT2D eigenvalue weighted by atomic mass is 16.7. The zero-order valence-electron chi connectivity index (χ0n) is 19.6. The summed E-state index contributed by atoms with van der Waals surface area (Å²) in [5.41, 5.74) is 0.820. The molecule has 11 atom stereocenters. The maximum absolute atomic E-state index is 12.2. The van der Waals surface area contributed by atoms with Gasteiger partial charge in [-0.15, -0.1) is 0 Å². The minimum atomic E-state index is -0.292. The van der Waals surface area contributed by atoms with Gasteiger partial charge in [-0.3, -0.25) is 4.79 Å². The number of rotatable bonds is 0. The van der Waals surface area contributed by atoms with E-state index in [9.17, 15) is 4.79 Å². The van der Waals surface area contributed by atoms with E-state index >= 15 is 0 Å². The van der Waals surface area contributed by atoms with Crippen molar-refractivity contribution in [3.05, 3.63) is 0 Å². The van der Waals surface area contributed by atoms with Gasteiger partial charge in [0, 0.05) is 25.2 Å². The molecule has 3 heteroatoms. The third kappa shape index (κ3) is 2.54. The van der Waals surface area contributed by atoms with E-state index in [0.717, 1.165) is 50.0 Å². The van der Waals surface area contributed by atoms with E-state index in [1.54, 1.807) is 0 Å². The van der Waals surface area contributed by atoms with E-state index in [4.69, 9.17) is 9.47 Å². The van der Waals surface area contributed by atoms with Gasteiger partial charge in [-0.1, -0.05) is 27.7 Å². The Balaban J connectivity index is 1.26. The van der Waals surface area contributed by atoms with Crippen molar-refractivity contribution >= 4 is 5.78 Å². The van der Waals surface area contributed by atoms with Crippen molar-refractivity contribution in [2.24, 2.45) is 52.3 Å².